The lowest BCUT2D eigenvalue weighted by atomic mass is 9.70. The average Bonchev–Trinajstić information content (AvgIpc) is 2.67. The SMILES string of the molecule is N#Cc1cccc2c1CC1(CCNCC1)C(=NCc1cccc(Cl)c1)N2. The van der Waals surface area contributed by atoms with Crippen molar-refractivity contribution in [2.75, 3.05) is 18.4 Å². The highest BCUT2D eigenvalue weighted by Gasteiger charge is 2.41. The number of anilines is 1. The first-order chi connectivity index (χ1) is 12.7. The molecule has 0 saturated carbocycles. The lowest BCUT2D eigenvalue weighted by Gasteiger charge is -2.43. The van der Waals surface area contributed by atoms with Gasteiger partial charge < -0.3 is 10.6 Å². The van der Waals surface area contributed by atoms with E-state index in [1.807, 2.05) is 36.4 Å². The van der Waals surface area contributed by atoms with Crippen molar-refractivity contribution < 1.29 is 0 Å². The quantitative estimate of drug-likeness (QED) is 0.841. The number of hydrogen-bond acceptors (Lipinski definition) is 3. The molecular weight excluding hydrogens is 344 g/mol. The Hall–Kier alpha value is -2.35. The summed E-state index contributed by atoms with van der Waals surface area (Å²) in [4.78, 5) is 4.96. The smallest absolute Gasteiger partial charge is 0.108 e. The Morgan fingerprint density at radius 3 is 2.73 bits per heavy atom. The van der Waals surface area contributed by atoms with Crippen LogP contribution < -0.4 is 10.6 Å². The maximum atomic E-state index is 9.49. The molecule has 1 spiro atoms. The monoisotopic (exact) mass is 364 g/mol. The van der Waals surface area contributed by atoms with E-state index in [1.54, 1.807) is 0 Å². The summed E-state index contributed by atoms with van der Waals surface area (Å²) in [7, 11) is 0. The molecular formula is C21H21ClN4. The van der Waals surface area contributed by atoms with Crippen LogP contribution in [0, 0.1) is 16.7 Å². The summed E-state index contributed by atoms with van der Waals surface area (Å²) in [6, 6.07) is 16.1. The maximum Gasteiger partial charge on any atom is 0.108 e. The van der Waals surface area contributed by atoms with Crippen LogP contribution in [0.15, 0.2) is 47.5 Å². The summed E-state index contributed by atoms with van der Waals surface area (Å²) in [5, 5.41) is 17.2. The van der Waals surface area contributed by atoms with E-state index in [4.69, 9.17) is 16.6 Å². The topological polar surface area (TPSA) is 60.2 Å². The van der Waals surface area contributed by atoms with E-state index in [-0.39, 0.29) is 5.41 Å². The van der Waals surface area contributed by atoms with Crippen molar-refractivity contribution in [2.45, 2.75) is 25.8 Å². The van der Waals surface area contributed by atoms with Gasteiger partial charge in [0.05, 0.1) is 18.2 Å². The van der Waals surface area contributed by atoms with E-state index in [1.165, 1.54) is 0 Å². The van der Waals surface area contributed by atoms with Crippen LogP contribution in [-0.4, -0.2) is 18.9 Å². The molecule has 1 saturated heterocycles. The van der Waals surface area contributed by atoms with E-state index in [9.17, 15) is 5.26 Å². The zero-order valence-corrected chi connectivity index (χ0v) is 15.3. The number of nitrogens with one attached hydrogen (secondary N) is 2. The molecule has 2 N–H and O–H groups in total. The van der Waals surface area contributed by atoms with E-state index in [0.29, 0.717) is 6.54 Å². The molecule has 0 radical (unpaired) electrons. The van der Waals surface area contributed by atoms with Gasteiger partial charge in [-0.3, -0.25) is 4.99 Å². The van der Waals surface area contributed by atoms with Crippen LogP contribution in [0.5, 0.6) is 0 Å². The summed E-state index contributed by atoms with van der Waals surface area (Å²) in [5.74, 6) is 1.04. The highest BCUT2D eigenvalue weighted by molar-refractivity contribution is 6.30. The number of aliphatic imine (C=N–C) groups is 1. The van der Waals surface area contributed by atoms with Crippen LogP contribution in [-0.2, 0) is 13.0 Å². The number of hydrogen-bond donors (Lipinski definition) is 2. The number of halogens is 1. The van der Waals surface area contributed by atoms with Crippen LogP contribution in [0.2, 0.25) is 5.02 Å². The van der Waals surface area contributed by atoms with Gasteiger partial charge in [-0.05, 0) is 67.7 Å². The fourth-order valence-corrected chi connectivity index (χ4v) is 4.23. The number of amidine groups is 1. The van der Waals surface area contributed by atoms with Crippen molar-refractivity contribution >= 4 is 23.1 Å². The van der Waals surface area contributed by atoms with E-state index in [0.717, 1.165) is 65.6 Å². The second kappa shape index (κ2) is 7.11. The second-order valence-corrected chi connectivity index (χ2v) is 7.51. The zero-order valence-electron chi connectivity index (χ0n) is 14.6. The molecule has 2 aromatic carbocycles. The minimum atomic E-state index is -0.0240. The van der Waals surface area contributed by atoms with E-state index < -0.39 is 0 Å². The summed E-state index contributed by atoms with van der Waals surface area (Å²) in [6.45, 7) is 2.55. The molecule has 0 atom stereocenters. The molecule has 2 aromatic rings. The van der Waals surface area contributed by atoms with E-state index in [2.05, 4.69) is 22.8 Å². The Labute approximate surface area is 158 Å². The van der Waals surface area contributed by atoms with Crippen molar-refractivity contribution in [1.29, 1.82) is 5.26 Å². The number of rotatable bonds is 2. The number of piperidine rings is 1. The molecule has 0 aromatic heterocycles. The van der Waals surface area contributed by atoms with Gasteiger partial charge in [0, 0.05) is 16.1 Å². The van der Waals surface area contributed by atoms with Crippen molar-refractivity contribution in [3.63, 3.8) is 0 Å². The highest BCUT2D eigenvalue weighted by Crippen LogP contribution is 2.42. The largest absolute Gasteiger partial charge is 0.343 e. The lowest BCUT2D eigenvalue weighted by molar-refractivity contribution is 0.293. The van der Waals surface area contributed by atoms with Crippen LogP contribution in [0.25, 0.3) is 0 Å². The van der Waals surface area contributed by atoms with Crippen LogP contribution in [0.3, 0.4) is 0 Å². The first kappa shape index (κ1) is 17.1. The molecule has 4 nitrogen and oxygen atoms in total. The summed E-state index contributed by atoms with van der Waals surface area (Å²) >= 11 is 6.11. The number of benzene rings is 2. The predicted octanol–water partition coefficient (Wildman–Crippen LogP) is 4.15. The molecule has 132 valence electrons. The van der Waals surface area contributed by atoms with Gasteiger partial charge in [-0.2, -0.15) is 5.26 Å². The third kappa shape index (κ3) is 3.21. The molecule has 1 fully saturated rings. The normalized spacial score (nSPS) is 19.6. The minimum Gasteiger partial charge on any atom is -0.343 e. The van der Waals surface area contributed by atoms with Gasteiger partial charge in [-0.15, -0.1) is 0 Å². The number of nitrogens with zero attached hydrogens (tertiary/aromatic N) is 2. The Balaban J connectivity index is 1.71. The van der Waals surface area contributed by atoms with Gasteiger partial charge in [0.25, 0.3) is 0 Å². The molecule has 2 heterocycles. The number of fused-ring (bicyclic) bond motifs is 1. The molecule has 2 aliphatic heterocycles. The Morgan fingerprint density at radius 2 is 1.96 bits per heavy atom. The van der Waals surface area contributed by atoms with Gasteiger partial charge in [0.15, 0.2) is 0 Å². The summed E-state index contributed by atoms with van der Waals surface area (Å²) < 4.78 is 0. The molecule has 2 aliphatic rings. The van der Waals surface area contributed by atoms with Gasteiger partial charge in [0.2, 0.25) is 0 Å². The van der Waals surface area contributed by atoms with E-state index >= 15 is 0 Å². The second-order valence-electron chi connectivity index (χ2n) is 7.07. The van der Waals surface area contributed by atoms with Crippen molar-refractivity contribution in [3.8, 4) is 6.07 Å². The van der Waals surface area contributed by atoms with Crippen molar-refractivity contribution in [2.24, 2.45) is 10.4 Å². The highest BCUT2D eigenvalue weighted by atomic mass is 35.5. The number of nitriles is 1. The zero-order chi connectivity index (χ0) is 18.0. The van der Waals surface area contributed by atoms with Crippen LogP contribution in [0.4, 0.5) is 5.69 Å². The Morgan fingerprint density at radius 1 is 1.15 bits per heavy atom. The van der Waals surface area contributed by atoms with Gasteiger partial charge >= 0.3 is 0 Å². The molecule has 0 aliphatic carbocycles. The third-order valence-electron chi connectivity index (χ3n) is 5.44. The summed E-state index contributed by atoms with van der Waals surface area (Å²) in [6.07, 6.45) is 2.91. The van der Waals surface area contributed by atoms with Gasteiger partial charge in [0.1, 0.15) is 5.84 Å². The third-order valence-corrected chi connectivity index (χ3v) is 5.67. The predicted molar refractivity (Wildman–Crippen MR) is 106 cm³/mol. The first-order valence-corrected chi connectivity index (χ1v) is 9.37. The van der Waals surface area contributed by atoms with Crippen LogP contribution in [0.1, 0.15) is 29.5 Å². The molecule has 26 heavy (non-hydrogen) atoms. The summed E-state index contributed by atoms with van der Waals surface area (Å²) in [5.41, 5.74) is 3.98. The molecule has 0 unspecified atom stereocenters. The van der Waals surface area contributed by atoms with Crippen molar-refractivity contribution in [1.82, 2.24) is 5.32 Å². The fourth-order valence-electron chi connectivity index (χ4n) is 4.01. The molecule has 0 bridgehead atoms. The fraction of sp³-hybridized carbons (Fsp3) is 0.333. The standard InChI is InChI=1S/C21H21ClN4/c22-17-5-1-3-15(11-17)14-25-20-21(7-9-24-10-8-21)12-18-16(13-23)4-2-6-19(18)26-20/h1-6,11,24H,7-10,12,14H2,(H,25,26). The van der Waals surface area contributed by atoms with Crippen LogP contribution >= 0.6 is 11.6 Å². The van der Waals surface area contributed by atoms with Crippen molar-refractivity contribution in [3.05, 3.63) is 64.2 Å². The lowest BCUT2D eigenvalue weighted by Crippen LogP contribution is -2.49. The Bertz CT molecular complexity index is 891. The minimum absolute atomic E-state index is 0.0240. The van der Waals surface area contributed by atoms with Gasteiger partial charge in [-0.25, -0.2) is 0 Å². The Kier molecular flexibility index (Phi) is 4.67. The molecule has 0 amide bonds. The molecule has 4 rings (SSSR count). The maximum absolute atomic E-state index is 9.49. The molecule has 5 heteroatoms. The first-order valence-electron chi connectivity index (χ1n) is 8.99. The van der Waals surface area contributed by atoms with Gasteiger partial charge in [-0.1, -0.05) is 29.8 Å². The average molecular weight is 365 g/mol.